The van der Waals surface area contributed by atoms with Crippen LogP contribution in [0.5, 0.6) is 0 Å². The molecular weight excluding hydrogens is 733 g/mol. The van der Waals surface area contributed by atoms with Crippen LogP contribution in [-0.4, -0.2) is 87.9 Å². The van der Waals surface area contributed by atoms with E-state index in [9.17, 15) is 24.0 Å². The molecule has 5 amide bonds. The number of rotatable bonds is 8. The van der Waals surface area contributed by atoms with E-state index in [1.54, 1.807) is 28.9 Å². The third-order valence-corrected chi connectivity index (χ3v) is 13.6. The summed E-state index contributed by atoms with van der Waals surface area (Å²) >= 11 is 0. The molecule has 4 aliphatic heterocycles. The first kappa shape index (κ1) is 37.7. The van der Waals surface area contributed by atoms with Gasteiger partial charge in [-0.3, -0.25) is 38.9 Å². The highest BCUT2D eigenvalue weighted by Gasteiger charge is 2.47. The Hall–Kier alpha value is -5.87. The van der Waals surface area contributed by atoms with Crippen LogP contribution in [0.15, 0.2) is 67.0 Å². The summed E-state index contributed by atoms with van der Waals surface area (Å²) in [4.78, 5) is 73.8. The van der Waals surface area contributed by atoms with Crippen LogP contribution in [0.3, 0.4) is 0 Å². The molecule has 4 fully saturated rings. The molecule has 1 saturated carbocycles. The lowest BCUT2D eigenvalue weighted by atomic mass is 9.57. The fourth-order valence-corrected chi connectivity index (χ4v) is 10.1. The van der Waals surface area contributed by atoms with Gasteiger partial charge in [0.25, 0.3) is 17.7 Å². The summed E-state index contributed by atoms with van der Waals surface area (Å²) in [5.41, 5.74) is 3.43. The number of benzene rings is 3. The van der Waals surface area contributed by atoms with E-state index in [-0.39, 0.29) is 24.7 Å². The highest BCUT2D eigenvalue weighted by atomic mass is 16.2. The molecule has 13 nitrogen and oxygen atoms in total. The molecule has 9 rings (SSSR count). The molecule has 5 heterocycles. The van der Waals surface area contributed by atoms with Crippen molar-refractivity contribution in [2.24, 2.45) is 11.3 Å². The SMILES string of the molecule is [C-]#[N+]c1ccc(NC(=O)C(C)(C)n2cc(C3CCN(CC4CC5(CCN(c6ccc7c(c6)C(=O)N(C6CCC(=O)NC6=O)C7=O)CC5)C4)CC3)cn2)c2ccccc12. The molecule has 0 radical (unpaired) electrons. The first-order valence-corrected chi connectivity index (χ1v) is 20.5. The van der Waals surface area contributed by atoms with Gasteiger partial charge in [-0.05, 0) is 130 Å². The number of imide groups is 2. The largest absolute Gasteiger partial charge is 0.371 e. The van der Waals surface area contributed by atoms with Gasteiger partial charge in [-0.1, -0.05) is 30.3 Å². The lowest BCUT2D eigenvalue weighted by Gasteiger charge is -2.54. The van der Waals surface area contributed by atoms with E-state index in [2.05, 4.69) is 30.4 Å². The molecule has 1 unspecified atom stereocenters. The Morgan fingerprint density at radius 3 is 2.38 bits per heavy atom. The maximum Gasteiger partial charge on any atom is 0.262 e. The number of carbonyl (C=O) groups excluding carboxylic acids is 5. The van der Waals surface area contributed by atoms with Crippen LogP contribution in [0.2, 0.25) is 0 Å². The number of piperidine rings is 3. The standard InChI is InChI=1S/C45H48N8O5/c1-44(2,43(58)48-37-11-10-36(46-3)32-6-4-5-7-33(32)37)52-27-30(25-47-52)29-14-18-50(19-15-29)26-28-23-45(24-28)16-20-51(21-17-45)31-8-9-34-35(22-31)42(57)53(41(34)56)38-12-13-39(54)49-40(38)55/h4-11,22,25,27-29,38H,12-21,23-24,26H2,1-2H3,(H,48,58)(H,49,54,55). The molecule has 1 aromatic heterocycles. The topological polar surface area (TPSA) is 141 Å². The Kier molecular flexibility index (Phi) is 9.42. The normalized spacial score (nSPS) is 21.6. The van der Waals surface area contributed by atoms with Crippen LogP contribution < -0.4 is 15.5 Å². The summed E-state index contributed by atoms with van der Waals surface area (Å²) < 4.78 is 1.78. The Morgan fingerprint density at radius 2 is 1.66 bits per heavy atom. The minimum absolute atomic E-state index is 0.100. The zero-order chi connectivity index (χ0) is 40.3. The molecule has 2 N–H and O–H groups in total. The molecule has 3 aromatic carbocycles. The van der Waals surface area contributed by atoms with E-state index < -0.39 is 29.3 Å². The average Bonchev–Trinajstić information content (AvgIpc) is 3.81. The number of nitrogens with one attached hydrogen (secondary N) is 2. The van der Waals surface area contributed by atoms with Crippen molar-refractivity contribution in [1.82, 2.24) is 24.9 Å². The minimum atomic E-state index is -0.962. The summed E-state index contributed by atoms with van der Waals surface area (Å²) in [5, 5.41) is 11.7. The van der Waals surface area contributed by atoms with Crippen LogP contribution >= 0.6 is 0 Å². The first-order valence-electron chi connectivity index (χ1n) is 20.5. The quantitative estimate of drug-likeness (QED) is 0.158. The van der Waals surface area contributed by atoms with Gasteiger partial charge in [0.15, 0.2) is 5.69 Å². The van der Waals surface area contributed by atoms with Crippen molar-refractivity contribution >= 4 is 57.4 Å². The Bertz CT molecular complexity index is 2390. The molecule has 0 bridgehead atoms. The Morgan fingerprint density at radius 1 is 0.931 bits per heavy atom. The van der Waals surface area contributed by atoms with Gasteiger partial charge in [-0.25, -0.2) is 4.85 Å². The lowest BCUT2D eigenvalue weighted by Crippen LogP contribution is -2.54. The number of aromatic nitrogens is 2. The summed E-state index contributed by atoms with van der Waals surface area (Å²) in [6, 6.07) is 15.6. The summed E-state index contributed by atoms with van der Waals surface area (Å²) in [5.74, 6) is -0.992. The molecule has 1 aliphatic carbocycles. The smallest absolute Gasteiger partial charge is 0.262 e. The highest BCUT2D eigenvalue weighted by Crippen LogP contribution is 2.53. The molecule has 1 atom stereocenters. The molecule has 5 aliphatic rings. The summed E-state index contributed by atoms with van der Waals surface area (Å²) in [6.45, 7) is 16.3. The van der Waals surface area contributed by atoms with Crippen LogP contribution in [0.25, 0.3) is 15.6 Å². The number of fused-ring (bicyclic) bond motifs is 2. The maximum absolute atomic E-state index is 13.6. The van der Waals surface area contributed by atoms with Crippen LogP contribution in [0, 0.1) is 17.9 Å². The molecule has 298 valence electrons. The molecule has 1 spiro atoms. The number of hydrogen-bond acceptors (Lipinski definition) is 8. The molecule has 13 heteroatoms. The van der Waals surface area contributed by atoms with Crippen molar-refractivity contribution in [3.63, 3.8) is 0 Å². The van der Waals surface area contributed by atoms with Crippen LogP contribution in [0.4, 0.5) is 17.1 Å². The van der Waals surface area contributed by atoms with Gasteiger partial charge < -0.3 is 15.1 Å². The third-order valence-electron chi connectivity index (χ3n) is 13.6. The third kappa shape index (κ3) is 6.63. The van der Waals surface area contributed by atoms with Crippen molar-refractivity contribution < 1.29 is 24.0 Å². The minimum Gasteiger partial charge on any atom is -0.371 e. The number of anilines is 2. The molecule has 3 saturated heterocycles. The van der Waals surface area contributed by atoms with E-state index in [4.69, 9.17) is 6.57 Å². The number of hydrogen-bond donors (Lipinski definition) is 2. The van der Waals surface area contributed by atoms with Gasteiger partial charge in [0.2, 0.25) is 11.8 Å². The van der Waals surface area contributed by atoms with Gasteiger partial charge >= 0.3 is 0 Å². The second-order valence-corrected chi connectivity index (χ2v) is 17.5. The monoisotopic (exact) mass is 780 g/mol. The summed E-state index contributed by atoms with van der Waals surface area (Å²) in [7, 11) is 0. The average molecular weight is 781 g/mol. The van der Waals surface area contributed by atoms with Crippen LogP contribution in [-0.2, 0) is 19.9 Å². The molecule has 4 aromatic rings. The lowest BCUT2D eigenvalue weighted by molar-refractivity contribution is -0.136. The predicted molar refractivity (Wildman–Crippen MR) is 219 cm³/mol. The van der Waals surface area contributed by atoms with Crippen molar-refractivity contribution in [2.45, 2.75) is 82.7 Å². The number of likely N-dealkylation sites (tertiary alicyclic amines) is 1. The van der Waals surface area contributed by atoms with Crippen molar-refractivity contribution in [3.05, 3.63) is 95.1 Å². The summed E-state index contributed by atoms with van der Waals surface area (Å²) in [6.07, 6.45) is 11.0. The van der Waals surface area contributed by atoms with E-state index in [1.165, 1.54) is 18.4 Å². The second kappa shape index (κ2) is 14.5. The van der Waals surface area contributed by atoms with Gasteiger partial charge in [0.05, 0.1) is 23.9 Å². The maximum atomic E-state index is 13.6. The van der Waals surface area contributed by atoms with Crippen molar-refractivity contribution in [2.75, 3.05) is 42.9 Å². The Balaban J connectivity index is 0.740. The zero-order valence-electron chi connectivity index (χ0n) is 33.0. The van der Waals surface area contributed by atoms with E-state index >= 15 is 0 Å². The first-order chi connectivity index (χ1) is 27.9. The van der Waals surface area contributed by atoms with Crippen LogP contribution in [0.1, 0.15) is 97.4 Å². The van der Waals surface area contributed by atoms with E-state index in [1.807, 2.05) is 56.6 Å². The number of nitrogens with zero attached hydrogens (tertiary/aromatic N) is 6. The van der Waals surface area contributed by atoms with Gasteiger partial charge in [-0.2, -0.15) is 5.10 Å². The highest BCUT2D eigenvalue weighted by molar-refractivity contribution is 6.23. The van der Waals surface area contributed by atoms with Crippen molar-refractivity contribution in [1.29, 1.82) is 0 Å². The fraction of sp³-hybridized carbons (Fsp3) is 0.444. The van der Waals surface area contributed by atoms with Gasteiger partial charge in [0, 0.05) is 43.6 Å². The Labute approximate surface area is 337 Å². The van der Waals surface area contributed by atoms with Gasteiger partial charge in [-0.15, -0.1) is 0 Å². The molecular formula is C45H48N8O5. The molecule has 58 heavy (non-hydrogen) atoms. The van der Waals surface area contributed by atoms with E-state index in [0.717, 1.165) is 79.8 Å². The number of amides is 5. The van der Waals surface area contributed by atoms with Gasteiger partial charge in [0.1, 0.15) is 11.6 Å². The van der Waals surface area contributed by atoms with Crippen molar-refractivity contribution in [3.8, 4) is 0 Å². The zero-order valence-corrected chi connectivity index (χ0v) is 33.0. The fourth-order valence-electron chi connectivity index (χ4n) is 10.1. The van der Waals surface area contributed by atoms with E-state index in [0.29, 0.717) is 39.8 Å². The second-order valence-electron chi connectivity index (χ2n) is 17.5. The predicted octanol–water partition coefficient (Wildman–Crippen LogP) is 6.24. The number of carbonyl (C=O) groups is 5.